The molecule has 15 heavy (non-hydrogen) atoms. The van der Waals surface area contributed by atoms with Crippen LogP contribution in [0.3, 0.4) is 0 Å². The number of carbonyl (C=O) groups excluding carboxylic acids is 2. The number of aliphatic hydroxyl groups is 2. The molecule has 2 unspecified atom stereocenters. The van der Waals surface area contributed by atoms with Crippen LogP contribution >= 0.6 is 0 Å². The fraction of sp³-hybridized carbons (Fsp3) is 0.667. The first-order chi connectivity index (χ1) is 6.36. The van der Waals surface area contributed by atoms with Crippen LogP contribution in [0.15, 0.2) is 0 Å². The third-order valence-electron chi connectivity index (χ3n) is 0.862. The zero-order valence-electron chi connectivity index (χ0n) is 8.08. The van der Waals surface area contributed by atoms with Gasteiger partial charge in [0.05, 0.1) is 0 Å². The summed E-state index contributed by atoms with van der Waals surface area (Å²) < 4.78 is 0. The van der Waals surface area contributed by atoms with E-state index < -0.39 is 24.1 Å². The quantitative estimate of drug-likeness (QED) is 0.275. The van der Waals surface area contributed by atoms with Crippen molar-refractivity contribution in [2.45, 2.75) is 26.1 Å². The normalized spacial score (nSPS) is 12.1. The summed E-state index contributed by atoms with van der Waals surface area (Å²) in [6, 6.07) is 0. The first kappa shape index (κ1) is 20.0. The minimum atomic E-state index is -1.25. The Hall–Kier alpha value is -0.506. The molecule has 0 aromatic rings. The van der Waals surface area contributed by atoms with Gasteiger partial charge in [-0.25, -0.2) is 9.59 Å². The molecule has 0 aliphatic rings. The summed E-state index contributed by atoms with van der Waals surface area (Å²) in [7, 11) is 0. The SMILES string of the molecule is CC(O)C(=O)OO.CC(O)C(=O)OO.[Ti+4]. The van der Waals surface area contributed by atoms with Gasteiger partial charge in [0.1, 0.15) is 0 Å². The number of hydrogen-bond acceptors (Lipinski definition) is 8. The number of hydrogen-bond donors (Lipinski definition) is 4. The van der Waals surface area contributed by atoms with E-state index in [9.17, 15) is 9.59 Å². The molecule has 84 valence electrons. The van der Waals surface area contributed by atoms with Crippen molar-refractivity contribution in [2.24, 2.45) is 0 Å². The van der Waals surface area contributed by atoms with Gasteiger partial charge in [-0.05, 0) is 13.8 Å². The number of rotatable bonds is 2. The average molecular weight is 260 g/mol. The Bertz CT molecular complexity index is 160. The second-order valence-corrected chi connectivity index (χ2v) is 2.17. The molecule has 0 amide bonds. The monoisotopic (exact) mass is 260 g/mol. The summed E-state index contributed by atoms with van der Waals surface area (Å²) >= 11 is 0. The summed E-state index contributed by atoms with van der Waals surface area (Å²) in [6.07, 6.45) is -2.49. The van der Waals surface area contributed by atoms with E-state index >= 15 is 0 Å². The van der Waals surface area contributed by atoms with Gasteiger partial charge in [0.15, 0.2) is 12.2 Å². The minimum absolute atomic E-state index is 0. The predicted molar refractivity (Wildman–Crippen MR) is 40.8 cm³/mol. The van der Waals surface area contributed by atoms with E-state index in [0.717, 1.165) is 0 Å². The number of carbonyl (C=O) groups is 2. The summed E-state index contributed by atoms with van der Waals surface area (Å²) in [5, 5.41) is 31.4. The fourth-order valence-electron chi connectivity index (χ4n) is 0.153. The third kappa shape index (κ3) is 13.5. The van der Waals surface area contributed by atoms with Crippen molar-refractivity contribution in [3.63, 3.8) is 0 Å². The van der Waals surface area contributed by atoms with Crippen molar-refractivity contribution in [2.75, 3.05) is 0 Å². The van der Waals surface area contributed by atoms with E-state index in [1.54, 1.807) is 0 Å². The van der Waals surface area contributed by atoms with Gasteiger partial charge < -0.3 is 10.2 Å². The Kier molecular flexibility index (Phi) is 15.4. The topological polar surface area (TPSA) is 134 Å². The molecule has 0 saturated carbocycles. The smallest absolute Gasteiger partial charge is 0.382 e. The number of aliphatic hydroxyl groups excluding tert-OH is 2. The maximum absolute atomic E-state index is 9.79. The Labute approximate surface area is 100 Å². The maximum atomic E-state index is 9.79. The Morgan fingerprint density at radius 2 is 1.13 bits per heavy atom. The van der Waals surface area contributed by atoms with Crippen molar-refractivity contribution in [1.29, 1.82) is 0 Å². The molecule has 0 aliphatic carbocycles. The Morgan fingerprint density at radius 3 is 1.13 bits per heavy atom. The van der Waals surface area contributed by atoms with Gasteiger partial charge in [-0.15, -0.1) is 0 Å². The van der Waals surface area contributed by atoms with Crippen molar-refractivity contribution >= 4 is 11.9 Å². The maximum Gasteiger partial charge on any atom is 4.00 e. The van der Waals surface area contributed by atoms with Gasteiger partial charge in [-0.2, -0.15) is 10.5 Å². The van der Waals surface area contributed by atoms with Gasteiger partial charge in [0, 0.05) is 0 Å². The zero-order valence-corrected chi connectivity index (χ0v) is 9.64. The van der Waals surface area contributed by atoms with Crippen LogP contribution in [0.4, 0.5) is 0 Å². The summed E-state index contributed by atoms with van der Waals surface area (Å²) in [6.45, 7) is 2.39. The molecule has 9 heteroatoms. The molecule has 0 radical (unpaired) electrons. The van der Waals surface area contributed by atoms with E-state index in [0.29, 0.717) is 0 Å². The van der Waals surface area contributed by atoms with Gasteiger partial charge in [-0.1, -0.05) is 0 Å². The van der Waals surface area contributed by atoms with Crippen LogP contribution in [0.1, 0.15) is 13.8 Å². The van der Waals surface area contributed by atoms with E-state index in [2.05, 4.69) is 9.78 Å². The fourth-order valence-corrected chi connectivity index (χ4v) is 0.153. The van der Waals surface area contributed by atoms with Crippen LogP contribution in [0.5, 0.6) is 0 Å². The molecule has 0 saturated heterocycles. The van der Waals surface area contributed by atoms with Crippen LogP contribution in [-0.2, 0) is 41.1 Å². The molecule has 8 nitrogen and oxygen atoms in total. The van der Waals surface area contributed by atoms with Gasteiger partial charge >= 0.3 is 33.7 Å². The first-order valence-electron chi connectivity index (χ1n) is 3.43. The molecular formula is C6H12O8Ti+4. The molecule has 2 atom stereocenters. The van der Waals surface area contributed by atoms with E-state index in [1.165, 1.54) is 13.8 Å². The second-order valence-electron chi connectivity index (χ2n) is 2.17. The standard InChI is InChI=1S/2C3H6O4.Ti/c2*1-2(4)3(5)7-6;/h2*2,4,6H,1H3;/q;;+4. The largest absolute Gasteiger partial charge is 4.00 e. The molecule has 0 aromatic carbocycles. The summed E-state index contributed by atoms with van der Waals surface area (Å²) in [5.74, 6) is -2.08. The predicted octanol–water partition coefficient (Wildman–Crippen LogP) is -1.24. The van der Waals surface area contributed by atoms with E-state index in [-0.39, 0.29) is 21.7 Å². The second kappa shape index (κ2) is 11.6. The van der Waals surface area contributed by atoms with Crippen molar-refractivity contribution in [3.05, 3.63) is 0 Å². The molecule has 0 spiro atoms. The molecule has 0 rings (SSSR count). The van der Waals surface area contributed by atoms with Crippen LogP contribution in [0.2, 0.25) is 0 Å². The van der Waals surface area contributed by atoms with E-state index in [4.69, 9.17) is 20.7 Å². The molecule has 0 aliphatic heterocycles. The van der Waals surface area contributed by atoms with E-state index in [1.807, 2.05) is 0 Å². The molecule has 0 heterocycles. The minimum Gasteiger partial charge on any atom is -0.382 e. The van der Waals surface area contributed by atoms with Crippen LogP contribution in [-0.4, -0.2) is 44.9 Å². The molecule has 0 fully saturated rings. The van der Waals surface area contributed by atoms with Gasteiger partial charge in [-0.3, -0.25) is 9.78 Å². The molecular weight excluding hydrogens is 248 g/mol. The van der Waals surface area contributed by atoms with Crippen LogP contribution in [0, 0.1) is 0 Å². The van der Waals surface area contributed by atoms with Gasteiger partial charge in [0.25, 0.3) is 0 Å². The van der Waals surface area contributed by atoms with Crippen molar-refractivity contribution < 1.29 is 61.8 Å². The molecule has 0 bridgehead atoms. The molecule has 0 aromatic heterocycles. The zero-order chi connectivity index (χ0) is 11.7. The summed E-state index contributed by atoms with van der Waals surface area (Å²) in [4.78, 5) is 25.8. The van der Waals surface area contributed by atoms with Crippen LogP contribution in [0.25, 0.3) is 0 Å². The van der Waals surface area contributed by atoms with Crippen molar-refractivity contribution in [3.8, 4) is 0 Å². The third-order valence-corrected chi connectivity index (χ3v) is 0.862. The van der Waals surface area contributed by atoms with Crippen molar-refractivity contribution in [1.82, 2.24) is 0 Å². The van der Waals surface area contributed by atoms with Gasteiger partial charge in [0.2, 0.25) is 0 Å². The van der Waals surface area contributed by atoms with Crippen LogP contribution < -0.4 is 0 Å². The summed E-state index contributed by atoms with van der Waals surface area (Å²) in [5.41, 5.74) is 0. The average Bonchev–Trinajstić information content (AvgIpc) is 2.15. The Morgan fingerprint density at radius 1 is 0.933 bits per heavy atom. The first-order valence-corrected chi connectivity index (χ1v) is 3.43. The Balaban J connectivity index is -0.000000180. The molecule has 4 N–H and O–H groups in total.